The number of aromatic nitrogens is 4. The minimum atomic E-state index is -0.482. The second-order valence-electron chi connectivity index (χ2n) is 14.2. The summed E-state index contributed by atoms with van der Waals surface area (Å²) in [6, 6.07) is 10.1. The van der Waals surface area contributed by atoms with Gasteiger partial charge in [0.2, 0.25) is 11.9 Å². The number of unbranched alkanes of at least 4 members (excludes halogenated alkanes) is 1. The topological polar surface area (TPSA) is 138 Å². The Morgan fingerprint density at radius 1 is 0.842 bits per heavy atom. The first-order valence-corrected chi connectivity index (χ1v) is 20.7. The quantitative estimate of drug-likeness (QED) is 0.0420. The number of nitrogens with one attached hydrogen (secondary N) is 4. The van der Waals surface area contributed by atoms with E-state index < -0.39 is 6.09 Å². The van der Waals surface area contributed by atoms with Crippen LogP contribution in [0.2, 0.25) is 0 Å². The highest BCUT2D eigenvalue weighted by molar-refractivity contribution is 5.84. The predicted molar refractivity (Wildman–Crippen MR) is 235 cm³/mol. The molecule has 0 bridgehead atoms. The molecule has 0 saturated heterocycles. The first kappa shape index (κ1) is 46.2. The molecule has 12 heteroatoms. The second kappa shape index (κ2) is 28.2. The van der Waals surface area contributed by atoms with Crippen molar-refractivity contribution in [3.8, 4) is 0 Å². The summed E-state index contributed by atoms with van der Waals surface area (Å²) in [5, 5.41) is 12.6. The number of likely N-dealkylation sites (N-methyl/N-ethyl adjacent to an activating group) is 1. The van der Waals surface area contributed by atoms with Crippen molar-refractivity contribution >= 4 is 34.9 Å². The van der Waals surface area contributed by atoms with E-state index in [9.17, 15) is 9.59 Å². The maximum Gasteiger partial charge on any atom is 0.407 e. The number of alkyl carbamates (subject to hydrolysis) is 1. The minimum absolute atomic E-state index is 0.0621. The number of amides is 2. The molecule has 3 aromatic rings. The van der Waals surface area contributed by atoms with Crippen LogP contribution in [0.15, 0.2) is 97.4 Å². The van der Waals surface area contributed by atoms with Gasteiger partial charge in [-0.2, -0.15) is 9.97 Å². The van der Waals surface area contributed by atoms with Crippen LogP contribution in [0.5, 0.6) is 0 Å². The zero-order valence-corrected chi connectivity index (χ0v) is 35.0. The Kier molecular flexibility index (Phi) is 22.8. The average molecular weight is 782 g/mol. The van der Waals surface area contributed by atoms with Crippen molar-refractivity contribution in [3.63, 3.8) is 0 Å². The van der Waals surface area contributed by atoms with Gasteiger partial charge in [0.05, 0.1) is 12.4 Å². The van der Waals surface area contributed by atoms with E-state index >= 15 is 0 Å². The lowest BCUT2D eigenvalue weighted by Crippen LogP contribution is -2.38. The fourth-order valence-corrected chi connectivity index (χ4v) is 5.62. The number of benzene rings is 1. The molecule has 3 rings (SSSR count). The molecule has 0 unspecified atom stereocenters. The molecule has 2 heterocycles. The molecule has 57 heavy (non-hydrogen) atoms. The highest BCUT2D eigenvalue weighted by Gasteiger charge is 2.18. The van der Waals surface area contributed by atoms with E-state index in [1.165, 1.54) is 0 Å². The van der Waals surface area contributed by atoms with E-state index in [4.69, 9.17) is 14.7 Å². The number of carbonyl (C=O) groups is 2. The zero-order chi connectivity index (χ0) is 40.9. The van der Waals surface area contributed by atoms with Crippen molar-refractivity contribution < 1.29 is 14.3 Å². The first-order valence-electron chi connectivity index (χ1n) is 20.7. The lowest BCUT2D eigenvalue weighted by atomic mass is 10.2. The number of carbonyl (C=O) groups excluding carboxylic acids is 2. The van der Waals surface area contributed by atoms with Crippen molar-refractivity contribution in [1.82, 2.24) is 35.1 Å². The predicted octanol–water partition coefficient (Wildman–Crippen LogP) is 8.91. The summed E-state index contributed by atoms with van der Waals surface area (Å²) in [5.41, 5.74) is 2.56. The van der Waals surface area contributed by atoms with Gasteiger partial charge in [0.1, 0.15) is 6.61 Å². The summed E-state index contributed by atoms with van der Waals surface area (Å²) >= 11 is 0. The van der Waals surface area contributed by atoms with Gasteiger partial charge in [-0.15, -0.1) is 0 Å². The van der Waals surface area contributed by atoms with E-state index in [-0.39, 0.29) is 24.6 Å². The highest BCUT2D eigenvalue weighted by Crippen LogP contribution is 2.24. The second-order valence-corrected chi connectivity index (χ2v) is 14.2. The molecular weight excluding hydrogens is 715 g/mol. The number of hydrogen-bond acceptors (Lipinski definition) is 9. The fourth-order valence-electron chi connectivity index (χ4n) is 5.62. The molecule has 12 nitrogen and oxygen atoms in total. The van der Waals surface area contributed by atoms with Gasteiger partial charge in [-0.1, -0.05) is 105 Å². The Morgan fingerprint density at radius 2 is 1.47 bits per heavy atom. The monoisotopic (exact) mass is 782 g/mol. The van der Waals surface area contributed by atoms with Crippen LogP contribution in [0.4, 0.5) is 16.6 Å². The summed E-state index contributed by atoms with van der Waals surface area (Å²) in [4.78, 5) is 41.0. The molecule has 0 aliphatic rings. The van der Waals surface area contributed by atoms with E-state index in [0.717, 1.165) is 56.2 Å². The van der Waals surface area contributed by atoms with Crippen molar-refractivity contribution in [3.05, 3.63) is 103 Å². The first-order chi connectivity index (χ1) is 27.8. The number of imidazole rings is 1. The van der Waals surface area contributed by atoms with Crippen molar-refractivity contribution in [2.75, 3.05) is 50.5 Å². The zero-order valence-electron chi connectivity index (χ0n) is 35.0. The van der Waals surface area contributed by atoms with Gasteiger partial charge >= 0.3 is 6.09 Å². The molecule has 2 aromatic heterocycles. The molecule has 0 fully saturated rings. The van der Waals surface area contributed by atoms with E-state index in [1.54, 1.807) is 6.33 Å². The molecule has 0 aliphatic heterocycles. The highest BCUT2D eigenvalue weighted by atomic mass is 16.5. The third-order valence-corrected chi connectivity index (χ3v) is 9.03. The summed E-state index contributed by atoms with van der Waals surface area (Å²) in [5.74, 6) is 1.14. The molecule has 1 aromatic carbocycles. The molecule has 4 N–H and O–H groups in total. The van der Waals surface area contributed by atoms with Crippen LogP contribution >= 0.6 is 0 Å². The lowest BCUT2D eigenvalue weighted by Gasteiger charge is -2.19. The number of anilines is 2. The van der Waals surface area contributed by atoms with Crippen molar-refractivity contribution in [2.45, 2.75) is 104 Å². The van der Waals surface area contributed by atoms with Crippen LogP contribution in [-0.2, 0) is 16.1 Å². The molecular formula is C45H67N9O3. The van der Waals surface area contributed by atoms with Gasteiger partial charge in [-0.25, -0.2) is 9.78 Å². The Labute approximate surface area is 341 Å². The summed E-state index contributed by atoms with van der Waals surface area (Å²) in [7, 11) is 1.96. The Hall–Kier alpha value is -5.23. The van der Waals surface area contributed by atoms with Crippen LogP contribution in [0, 0.1) is 0 Å². The van der Waals surface area contributed by atoms with Gasteiger partial charge in [0.25, 0.3) is 0 Å². The minimum Gasteiger partial charge on any atom is -0.447 e. The van der Waals surface area contributed by atoms with E-state index in [1.807, 2.05) is 36.7 Å². The van der Waals surface area contributed by atoms with Gasteiger partial charge < -0.3 is 35.5 Å². The summed E-state index contributed by atoms with van der Waals surface area (Å²) in [6.45, 7) is 11.4. The van der Waals surface area contributed by atoms with Gasteiger partial charge in [0, 0.05) is 45.2 Å². The van der Waals surface area contributed by atoms with Crippen LogP contribution < -0.4 is 21.3 Å². The van der Waals surface area contributed by atoms with E-state index in [2.05, 4.69) is 125 Å². The third kappa shape index (κ3) is 19.5. The number of hydrogen-bond donors (Lipinski definition) is 4. The Morgan fingerprint density at radius 3 is 2.11 bits per heavy atom. The molecule has 2 amide bonds. The number of ether oxygens (including phenoxy) is 1. The summed E-state index contributed by atoms with van der Waals surface area (Å²) in [6.07, 6.45) is 31.0. The van der Waals surface area contributed by atoms with Crippen LogP contribution in [0.1, 0.15) is 97.1 Å². The van der Waals surface area contributed by atoms with Crippen LogP contribution in [0.25, 0.3) is 11.2 Å². The molecule has 0 saturated carbocycles. The normalized spacial score (nSPS) is 12.7. The molecule has 0 aliphatic carbocycles. The summed E-state index contributed by atoms with van der Waals surface area (Å²) < 4.78 is 7.57. The smallest absolute Gasteiger partial charge is 0.407 e. The Balaban J connectivity index is 1.26. The van der Waals surface area contributed by atoms with Gasteiger partial charge in [-0.05, 0) is 77.8 Å². The third-order valence-electron chi connectivity index (χ3n) is 9.03. The average Bonchev–Trinajstić information content (AvgIpc) is 3.65. The lowest BCUT2D eigenvalue weighted by molar-refractivity contribution is -0.121. The van der Waals surface area contributed by atoms with Gasteiger partial charge in [-0.3, -0.25) is 4.79 Å². The van der Waals surface area contributed by atoms with Crippen LogP contribution in [-0.4, -0.2) is 82.3 Å². The van der Waals surface area contributed by atoms with Gasteiger partial charge in [0.15, 0.2) is 17.0 Å². The fraction of sp³-hybridized carbons (Fsp3) is 0.489. The maximum absolute atomic E-state index is 12.5. The number of rotatable bonds is 28. The maximum atomic E-state index is 12.5. The van der Waals surface area contributed by atoms with Crippen LogP contribution in [0.3, 0.4) is 0 Å². The SMILES string of the molecule is CC/C=C\C/C=C\C/C=C\C/C=C\C/C=C\CCCC(=O)NCCN(C)CCNC(=O)OC[C@H](CC)Nc1nc(NCc2ccccc2)c2ncn(C(C)C)c2n1. The molecule has 0 spiro atoms. The number of nitrogens with zero attached hydrogens (tertiary/aromatic N) is 5. The van der Waals surface area contributed by atoms with Crippen molar-refractivity contribution in [2.24, 2.45) is 0 Å². The number of allylic oxidation sites excluding steroid dienone is 10. The molecule has 0 radical (unpaired) electrons. The standard InChI is InChI=1S/C45H67N9O3/c1-6-8-9-10-11-12-13-14-15-16-17-18-19-20-21-22-26-29-40(55)46-30-32-53(5)33-31-47-45(56)57-35-39(7-2)50-44-51-42(48-34-38-27-24-23-25-28-38)41-43(52-44)54(36-49-41)37(3)4/h8-9,11-12,14-15,17-18,20-21,23-25,27-28,36-37,39H,6-7,10,13,16,19,22,26,29-35H2,1-5H3,(H,46,55)(H,47,56)(H2,48,50,51,52)/b9-8-,12-11-,15-14-,18-17-,21-20-/t39-/m0/s1. The molecule has 1 atom stereocenters. The van der Waals surface area contributed by atoms with E-state index in [0.29, 0.717) is 62.8 Å². The Bertz CT molecular complexity index is 1730. The van der Waals surface area contributed by atoms with Crippen molar-refractivity contribution in [1.29, 1.82) is 0 Å². The number of fused-ring (bicyclic) bond motifs is 1. The largest absolute Gasteiger partial charge is 0.447 e. The molecule has 310 valence electrons.